The molecule has 3 N–H and O–H groups in total. The molecule has 0 spiro atoms. The number of carbonyl (C=O) groups excluding carboxylic acids is 2. The molecule has 0 unspecified atom stereocenters. The molecule has 0 atom stereocenters. The summed E-state index contributed by atoms with van der Waals surface area (Å²) in [6, 6.07) is 5.95. The van der Waals surface area contributed by atoms with Gasteiger partial charge in [-0.2, -0.15) is 0 Å². The Labute approximate surface area is 102 Å². The van der Waals surface area contributed by atoms with Gasteiger partial charge in [0.15, 0.2) is 0 Å². The summed E-state index contributed by atoms with van der Waals surface area (Å²) < 4.78 is 0.995. The Morgan fingerprint density at radius 3 is 2.75 bits per heavy atom. The zero-order valence-corrected chi connectivity index (χ0v) is 10.5. The van der Waals surface area contributed by atoms with Gasteiger partial charge in [-0.1, -0.05) is 22.0 Å². The van der Waals surface area contributed by atoms with Gasteiger partial charge in [-0.05, 0) is 36.6 Å². The molecule has 0 aliphatic carbocycles. The molecule has 0 bridgehead atoms. The van der Waals surface area contributed by atoms with Gasteiger partial charge in [0.1, 0.15) is 0 Å². The number of nitrogens with one attached hydrogen (secondary N) is 1. The van der Waals surface area contributed by atoms with Crippen LogP contribution in [0.25, 0.3) is 0 Å². The number of halogens is 1. The summed E-state index contributed by atoms with van der Waals surface area (Å²) >= 11 is 3.38. The Morgan fingerprint density at radius 1 is 1.44 bits per heavy atom. The van der Waals surface area contributed by atoms with Gasteiger partial charge in [0, 0.05) is 11.0 Å². The lowest BCUT2D eigenvalue weighted by atomic mass is 10.1. The van der Waals surface area contributed by atoms with Gasteiger partial charge in [-0.3, -0.25) is 9.59 Å². The summed E-state index contributed by atoms with van der Waals surface area (Å²) in [7, 11) is 0. The quantitative estimate of drug-likeness (QED) is 0.810. The van der Waals surface area contributed by atoms with Crippen molar-refractivity contribution >= 4 is 27.7 Å². The molecule has 86 valence electrons. The first-order valence-corrected chi connectivity index (χ1v) is 5.62. The molecule has 1 aromatic carbocycles. The number of hydrogen-bond acceptors (Lipinski definition) is 2. The molecule has 0 aromatic heterocycles. The highest BCUT2D eigenvalue weighted by Gasteiger charge is 2.07. The lowest BCUT2D eigenvalue weighted by Gasteiger charge is -2.06. The second-order valence-corrected chi connectivity index (χ2v) is 4.36. The van der Waals surface area contributed by atoms with E-state index < -0.39 is 11.8 Å². The van der Waals surface area contributed by atoms with E-state index in [0.29, 0.717) is 13.0 Å². The average molecular weight is 285 g/mol. The van der Waals surface area contributed by atoms with Crippen molar-refractivity contribution in [1.29, 1.82) is 0 Å². The number of aryl methyl sites for hydroxylation is 1. The highest BCUT2D eigenvalue weighted by molar-refractivity contribution is 9.10. The zero-order chi connectivity index (χ0) is 12.1. The van der Waals surface area contributed by atoms with Crippen LogP contribution in [-0.4, -0.2) is 18.4 Å². The maximum absolute atomic E-state index is 10.9. The maximum Gasteiger partial charge on any atom is 0.309 e. The molecule has 4 nitrogen and oxygen atoms in total. The second kappa shape index (κ2) is 5.65. The number of primary amides is 1. The first-order chi connectivity index (χ1) is 7.50. The molecule has 0 fully saturated rings. The van der Waals surface area contributed by atoms with Gasteiger partial charge < -0.3 is 11.1 Å². The van der Waals surface area contributed by atoms with E-state index >= 15 is 0 Å². The van der Waals surface area contributed by atoms with Gasteiger partial charge in [0.05, 0.1) is 0 Å². The first-order valence-electron chi connectivity index (χ1n) is 4.83. The molecule has 16 heavy (non-hydrogen) atoms. The standard InChI is InChI=1S/C11H13BrN2O2/c1-7-2-3-9(12)6-8(7)4-5-14-11(16)10(13)15/h2-3,6H,4-5H2,1H3,(H2,13,15)(H,14,16). The lowest BCUT2D eigenvalue weighted by Crippen LogP contribution is -2.37. The van der Waals surface area contributed by atoms with Crippen LogP contribution in [0.2, 0.25) is 0 Å². The van der Waals surface area contributed by atoms with E-state index in [1.165, 1.54) is 0 Å². The van der Waals surface area contributed by atoms with E-state index in [1.807, 2.05) is 25.1 Å². The Balaban J connectivity index is 2.52. The van der Waals surface area contributed by atoms with Crippen LogP contribution in [0.3, 0.4) is 0 Å². The molecule has 0 saturated heterocycles. The Bertz CT molecular complexity index is 418. The topological polar surface area (TPSA) is 72.2 Å². The van der Waals surface area contributed by atoms with Crippen LogP contribution in [0.15, 0.2) is 22.7 Å². The lowest BCUT2D eigenvalue weighted by molar-refractivity contribution is -0.137. The van der Waals surface area contributed by atoms with Gasteiger partial charge in [0.2, 0.25) is 0 Å². The maximum atomic E-state index is 10.9. The van der Waals surface area contributed by atoms with E-state index in [1.54, 1.807) is 0 Å². The largest absolute Gasteiger partial charge is 0.361 e. The summed E-state index contributed by atoms with van der Waals surface area (Å²) in [6.07, 6.45) is 0.671. The third-order valence-electron chi connectivity index (χ3n) is 2.21. The molecule has 0 aliphatic rings. The number of carbonyl (C=O) groups is 2. The molecule has 1 rings (SSSR count). The van der Waals surface area contributed by atoms with Gasteiger partial charge in [-0.25, -0.2) is 0 Å². The molecular formula is C11H13BrN2O2. The van der Waals surface area contributed by atoms with Crippen molar-refractivity contribution < 1.29 is 9.59 Å². The molecule has 0 heterocycles. The van der Waals surface area contributed by atoms with Crippen molar-refractivity contribution in [2.45, 2.75) is 13.3 Å². The van der Waals surface area contributed by atoms with Crippen LogP contribution in [-0.2, 0) is 16.0 Å². The third-order valence-corrected chi connectivity index (χ3v) is 2.71. The van der Waals surface area contributed by atoms with E-state index in [4.69, 9.17) is 5.73 Å². The van der Waals surface area contributed by atoms with Crippen LogP contribution in [0.4, 0.5) is 0 Å². The predicted molar refractivity (Wildman–Crippen MR) is 64.8 cm³/mol. The first kappa shape index (κ1) is 12.7. The summed E-state index contributed by atoms with van der Waals surface area (Å²) in [6.45, 7) is 2.40. The molecule has 5 heteroatoms. The van der Waals surface area contributed by atoms with Crippen molar-refractivity contribution in [3.8, 4) is 0 Å². The second-order valence-electron chi connectivity index (χ2n) is 3.44. The minimum atomic E-state index is -0.953. The highest BCUT2D eigenvalue weighted by atomic mass is 79.9. The highest BCUT2D eigenvalue weighted by Crippen LogP contribution is 2.16. The Morgan fingerprint density at radius 2 is 2.12 bits per heavy atom. The Kier molecular flexibility index (Phi) is 4.49. The van der Waals surface area contributed by atoms with Crippen molar-refractivity contribution in [2.75, 3.05) is 6.54 Å². The number of hydrogen-bond donors (Lipinski definition) is 2. The minimum Gasteiger partial charge on any atom is -0.361 e. The van der Waals surface area contributed by atoms with Crippen molar-refractivity contribution in [1.82, 2.24) is 5.32 Å². The Hall–Kier alpha value is -1.36. The van der Waals surface area contributed by atoms with Gasteiger partial charge in [0.25, 0.3) is 0 Å². The van der Waals surface area contributed by atoms with Crippen LogP contribution >= 0.6 is 15.9 Å². The van der Waals surface area contributed by atoms with E-state index in [2.05, 4.69) is 21.2 Å². The number of rotatable bonds is 3. The monoisotopic (exact) mass is 284 g/mol. The fourth-order valence-electron chi connectivity index (χ4n) is 1.31. The third kappa shape index (κ3) is 3.66. The number of amides is 2. The van der Waals surface area contributed by atoms with Crippen LogP contribution in [0.1, 0.15) is 11.1 Å². The smallest absolute Gasteiger partial charge is 0.309 e. The number of nitrogens with two attached hydrogens (primary N) is 1. The molecular weight excluding hydrogens is 272 g/mol. The van der Waals surface area contributed by atoms with Crippen molar-refractivity contribution in [2.24, 2.45) is 5.73 Å². The van der Waals surface area contributed by atoms with Crippen molar-refractivity contribution in [3.63, 3.8) is 0 Å². The summed E-state index contributed by atoms with van der Waals surface area (Å²) in [4.78, 5) is 21.4. The average Bonchev–Trinajstić information content (AvgIpc) is 2.22. The SMILES string of the molecule is Cc1ccc(Br)cc1CCNC(=O)C(N)=O. The minimum absolute atomic E-state index is 0.402. The van der Waals surface area contributed by atoms with Gasteiger partial charge in [-0.15, -0.1) is 0 Å². The van der Waals surface area contributed by atoms with Gasteiger partial charge >= 0.3 is 11.8 Å². The van der Waals surface area contributed by atoms with E-state index in [9.17, 15) is 9.59 Å². The summed E-state index contributed by atoms with van der Waals surface area (Å²) in [5, 5.41) is 2.45. The van der Waals surface area contributed by atoms with E-state index in [-0.39, 0.29) is 0 Å². The fourth-order valence-corrected chi connectivity index (χ4v) is 1.72. The number of benzene rings is 1. The molecule has 0 radical (unpaired) electrons. The van der Waals surface area contributed by atoms with Crippen LogP contribution in [0, 0.1) is 6.92 Å². The fraction of sp³-hybridized carbons (Fsp3) is 0.273. The molecule has 0 aliphatic heterocycles. The molecule has 1 aromatic rings. The normalized spacial score (nSPS) is 9.88. The molecule has 0 saturated carbocycles. The summed E-state index contributed by atoms with van der Waals surface area (Å²) in [5.41, 5.74) is 7.08. The van der Waals surface area contributed by atoms with Crippen LogP contribution < -0.4 is 11.1 Å². The summed E-state index contributed by atoms with van der Waals surface area (Å²) in [5.74, 6) is -1.70. The molecule has 2 amide bonds. The van der Waals surface area contributed by atoms with Crippen molar-refractivity contribution in [3.05, 3.63) is 33.8 Å². The predicted octanol–water partition coefficient (Wildman–Crippen LogP) is 0.902. The zero-order valence-electron chi connectivity index (χ0n) is 8.92. The van der Waals surface area contributed by atoms with E-state index in [0.717, 1.165) is 15.6 Å². The van der Waals surface area contributed by atoms with Crippen LogP contribution in [0.5, 0.6) is 0 Å².